The van der Waals surface area contributed by atoms with Gasteiger partial charge in [0.15, 0.2) is 0 Å². The van der Waals surface area contributed by atoms with Crippen molar-refractivity contribution in [3.05, 3.63) is 12.3 Å². The van der Waals surface area contributed by atoms with Gasteiger partial charge in [0.1, 0.15) is 0 Å². The van der Waals surface area contributed by atoms with Gasteiger partial charge in [-0.25, -0.2) is 4.98 Å². The second-order valence-corrected chi connectivity index (χ2v) is 5.70. The van der Waals surface area contributed by atoms with E-state index in [1.54, 1.807) is 19.4 Å². The lowest BCUT2D eigenvalue weighted by Gasteiger charge is -2.45. The van der Waals surface area contributed by atoms with Crippen molar-refractivity contribution in [3.63, 3.8) is 0 Å². The molecule has 0 unspecified atom stereocenters. The lowest BCUT2D eigenvalue weighted by molar-refractivity contribution is 0.0772. The molecule has 1 aromatic heterocycles. The fraction of sp³-hybridized carbons (Fsp3) is 0.714. The van der Waals surface area contributed by atoms with Crippen LogP contribution in [0.15, 0.2) is 12.3 Å². The number of anilines is 1. The summed E-state index contributed by atoms with van der Waals surface area (Å²) in [5.41, 5.74) is 0.166. The van der Waals surface area contributed by atoms with Gasteiger partial charge < -0.3 is 19.9 Å². The summed E-state index contributed by atoms with van der Waals surface area (Å²) in [6, 6.07) is 1.75. The molecule has 0 aliphatic carbocycles. The SMILES string of the molecule is COc1ccnc(NCC2(N(C)C)CCN(C)CC2)n1. The lowest BCUT2D eigenvalue weighted by atomic mass is 9.86. The number of likely N-dealkylation sites (N-methyl/N-ethyl adjacent to an activating group) is 1. The molecule has 0 saturated carbocycles. The lowest BCUT2D eigenvalue weighted by Crippen LogP contribution is -2.55. The average molecular weight is 279 g/mol. The van der Waals surface area contributed by atoms with Crippen LogP contribution in [0.2, 0.25) is 0 Å². The first-order valence-electron chi connectivity index (χ1n) is 7.03. The van der Waals surface area contributed by atoms with Gasteiger partial charge in [-0.1, -0.05) is 0 Å². The Balaban J connectivity index is 2.02. The highest BCUT2D eigenvalue weighted by atomic mass is 16.5. The topological polar surface area (TPSA) is 53.5 Å². The van der Waals surface area contributed by atoms with Gasteiger partial charge in [-0.05, 0) is 47.1 Å². The van der Waals surface area contributed by atoms with Crippen molar-refractivity contribution in [2.24, 2.45) is 0 Å². The Morgan fingerprint density at radius 2 is 2.10 bits per heavy atom. The third kappa shape index (κ3) is 3.37. The van der Waals surface area contributed by atoms with E-state index < -0.39 is 0 Å². The number of rotatable bonds is 5. The number of ether oxygens (including phenoxy) is 1. The average Bonchev–Trinajstić information content (AvgIpc) is 2.47. The molecule has 0 aromatic carbocycles. The summed E-state index contributed by atoms with van der Waals surface area (Å²) < 4.78 is 5.13. The Hall–Kier alpha value is -1.40. The number of nitrogens with zero attached hydrogens (tertiary/aromatic N) is 4. The van der Waals surface area contributed by atoms with Gasteiger partial charge in [-0.3, -0.25) is 0 Å². The number of methoxy groups -OCH3 is 1. The normalized spacial score (nSPS) is 19.1. The van der Waals surface area contributed by atoms with Crippen LogP contribution in [-0.2, 0) is 0 Å². The van der Waals surface area contributed by atoms with Crippen LogP contribution >= 0.6 is 0 Å². The highest BCUT2D eigenvalue weighted by Crippen LogP contribution is 2.26. The van der Waals surface area contributed by atoms with Gasteiger partial charge in [0.2, 0.25) is 11.8 Å². The zero-order chi connectivity index (χ0) is 14.6. The van der Waals surface area contributed by atoms with E-state index in [4.69, 9.17) is 4.74 Å². The summed E-state index contributed by atoms with van der Waals surface area (Å²) in [6.45, 7) is 3.10. The molecule has 0 radical (unpaired) electrons. The number of nitrogens with one attached hydrogen (secondary N) is 1. The molecule has 0 bridgehead atoms. The minimum Gasteiger partial charge on any atom is -0.481 e. The van der Waals surface area contributed by atoms with Crippen molar-refractivity contribution in [2.45, 2.75) is 18.4 Å². The molecule has 6 heteroatoms. The van der Waals surface area contributed by atoms with E-state index in [0.717, 1.165) is 32.5 Å². The van der Waals surface area contributed by atoms with Crippen LogP contribution in [0, 0.1) is 0 Å². The third-order valence-electron chi connectivity index (χ3n) is 4.28. The molecule has 2 rings (SSSR count). The molecule has 20 heavy (non-hydrogen) atoms. The smallest absolute Gasteiger partial charge is 0.226 e. The van der Waals surface area contributed by atoms with Gasteiger partial charge in [0.25, 0.3) is 0 Å². The van der Waals surface area contributed by atoms with E-state index in [0.29, 0.717) is 11.8 Å². The van der Waals surface area contributed by atoms with E-state index in [9.17, 15) is 0 Å². The van der Waals surface area contributed by atoms with Crippen LogP contribution < -0.4 is 10.1 Å². The molecule has 0 spiro atoms. The fourth-order valence-corrected chi connectivity index (χ4v) is 2.60. The Morgan fingerprint density at radius 1 is 1.40 bits per heavy atom. The van der Waals surface area contributed by atoms with E-state index in [-0.39, 0.29) is 5.54 Å². The zero-order valence-electron chi connectivity index (χ0n) is 12.9. The number of likely N-dealkylation sites (tertiary alicyclic amines) is 1. The molecule has 1 aromatic rings. The molecule has 0 atom stereocenters. The van der Waals surface area contributed by atoms with Gasteiger partial charge >= 0.3 is 0 Å². The van der Waals surface area contributed by atoms with Gasteiger partial charge in [-0.2, -0.15) is 4.98 Å². The molecule has 1 saturated heterocycles. The molecular weight excluding hydrogens is 254 g/mol. The van der Waals surface area contributed by atoms with E-state index in [1.165, 1.54) is 0 Å². The first-order valence-corrected chi connectivity index (χ1v) is 7.03. The molecule has 2 heterocycles. The van der Waals surface area contributed by atoms with Crippen molar-refractivity contribution >= 4 is 5.95 Å². The predicted molar refractivity (Wildman–Crippen MR) is 80.2 cm³/mol. The summed E-state index contributed by atoms with van der Waals surface area (Å²) in [5, 5.41) is 3.36. The van der Waals surface area contributed by atoms with Crippen molar-refractivity contribution < 1.29 is 4.74 Å². The number of hydrogen-bond acceptors (Lipinski definition) is 6. The fourth-order valence-electron chi connectivity index (χ4n) is 2.60. The second kappa shape index (κ2) is 6.37. The minimum absolute atomic E-state index is 0.166. The Kier molecular flexibility index (Phi) is 4.77. The molecule has 1 aliphatic heterocycles. The molecule has 1 fully saturated rings. The largest absolute Gasteiger partial charge is 0.481 e. The maximum Gasteiger partial charge on any atom is 0.226 e. The highest BCUT2D eigenvalue weighted by Gasteiger charge is 2.35. The van der Waals surface area contributed by atoms with Crippen LogP contribution in [0.1, 0.15) is 12.8 Å². The number of piperidine rings is 1. The van der Waals surface area contributed by atoms with Crippen LogP contribution in [-0.4, -0.2) is 73.2 Å². The standard InChI is InChI=1S/C14H25N5O/c1-18(2)14(6-9-19(3)10-7-14)11-16-13-15-8-5-12(17-13)20-4/h5,8H,6-7,9-11H2,1-4H3,(H,15,16,17). The Morgan fingerprint density at radius 3 is 2.70 bits per heavy atom. The van der Waals surface area contributed by atoms with Crippen LogP contribution in [0.3, 0.4) is 0 Å². The number of hydrogen-bond donors (Lipinski definition) is 1. The molecule has 112 valence electrons. The van der Waals surface area contributed by atoms with Gasteiger partial charge in [0.05, 0.1) is 7.11 Å². The first-order chi connectivity index (χ1) is 9.55. The maximum absolute atomic E-state index is 5.13. The van der Waals surface area contributed by atoms with Crippen molar-refractivity contribution in [1.82, 2.24) is 19.8 Å². The Labute approximate surface area is 121 Å². The van der Waals surface area contributed by atoms with Crippen molar-refractivity contribution in [3.8, 4) is 5.88 Å². The predicted octanol–water partition coefficient (Wildman–Crippen LogP) is 0.923. The zero-order valence-corrected chi connectivity index (χ0v) is 12.9. The van der Waals surface area contributed by atoms with Crippen molar-refractivity contribution in [2.75, 3.05) is 53.2 Å². The van der Waals surface area contributed by atoms with Crippen LogP contribution in [0.5, 0.6) is 5.88 Å². The summed E-state index contributed by atoms with van der Waals surface area (Å²) >= 11 is 0. The van der Waals surface area contributed by atoms with Gasteiger partial charge in [0, 0.05) is 24.3 Å². The molecule has 1 N–H and O–H groups in total. The van der Waals surface area contributed by atoms with E-state index >= 15 is 0 Å². The number of aromatic nitrogens is 2. The van der Waals surface area contributed by atoms with Crippen molar-refractivity contribution in [1.29, 1.82) is 0 Å². The maximum atomic E-state index is 5.13. The first kappa shape index (κ1) is 15.0. The molecule has 1 aliphatic rings. The van der Waals surface area contributed by atoms with E-state index in [2.05, 4.69) is 46.2 Å². The molecular formula is C14H25N5O. The second-order valence-electron chi connectivity index (χ2n) is 5.70. The van der Waals surface area contributed by atoms with Crippen LogP contribution in [0.25, 0.3) is 0 Å². The monoisotopic (exact) mass is 279 g/mol. The highest BCUT2D eigenvalue weighted by molar-refractivity contribution is 5.28. The summed E-state index contributed by atoms with van der Waals surface area (Å²) in [6.07, 6.45) is 4.01. The molecule has 6 nitrogen and oxygen atoms in total. The summed E-state index contributed by atoms with van der Waals surface area (Å²) in [4.78, 5) is 13.3. The van der Waals surface area contributed by atoms with Gasteiger partial charge in [-0.15, -0.1) is 0 Å². The van der Waals surface area contributed by atoms with Crippen LogP contribution in [0.4, 0.5) is 5.95 Å². The summed E-state index contributed by atoms with van der Waals surface area (Å²) in [7, 11) is 8.10. The minimum atomic E-state index is 0.166. The third-order valence-corrected chi connectivity index (χ3v) is 4.28. The summed E-state index contributed by atoms with van der Waals surface area (Å²) in [5.74, 6) is 1.22. The Bertz CT molecular complexity index is 429. The quantitative estimate of drug-likeness (QED) is 0.865. The molecule has 0 amide bonds. The van der Waals surface area contributed by atoms with E-state index in [1.807, 2.05) is 0 Å².